The van der Waals surface area contributed by atoms with Crippen molar-refractivity contribution in [2.45, 2.75) is 17.2 Å². The first-order chi connectivity index (χ1) is 11.2. The molecule has 2 unspecified atom stereocenters. The molecular formula is C17H23N3O3S. The summed E-state index contributed by atoms with van der Waals surface area (Å²) < 4.78 is 27.7. The number of carbonyl (C=O) groups excluding carboxylic acids is 1. The van der Waals surface area contributed by atoms with E-state index < -0.39 is 10.0 Å². The molecule has 7 heteroatoms. The highest BCUT2D eigenvalue weighted by atomic mass is 32.2. The maximum Gasteiger partial charge on any atom is 0.283 e. The lowest BCUT2D eigenvalue weighted by Gasteiger charge is -2.05. The highest BCUT2D eigenvalue weighted by Crippen LogP contribution is 2.48. The van der Waals surface area contributed by atoms with E-state index >= 15 is 0 Å². The van der Waals surface area contributed by atoms with Crippen LogP contribution in [0, 0.1) is 5.92 Å². The summed E-state index contributed by atoms with van der Waals surface area (Å²) in [5.41, 5.74) is 0.988. The van der Waals surface area contributed by atoms with E-state index in [4.69, 9.17) is 0 Å². The molecule has 2 atom stereocenters. The molecule has 1 fully saturated rings. The minimum atomic E-state index is -3.68. The largest absolute Gasteiger partial charge is 0.383 e. The summed E-state index contributed by atoms with van der Waals surface area (Å²) >= 11 is 0. The van der Waals surface area contributed by atoms with E-state index in [9.17, 15) is 13.2 Å². The Morgan fingerprint density at radius 1 is 1.12 bits per heavy atom. The molecule has 0 aliphatic heterocycles. The summed E-state index contributed by atoms with van der Waals surface area (Å²) in [6, 6.07) is 6.64. The Balaban J connectivity index is 2.05. The third-order valence-corrected chi connectivity index (χ3v) is 4.96. The number of rotatable bonds is 7. The molecule has 1 aromatic rings. The third kappa shape index (κ3) is 4.67. The van der Waals surface area contributed by atoms with Crippen molar-refractivity contribution in [3.63, 3.8) is 0 Å². The predicted molar refractivity (Wildman–Crippen MR) is 94.5 cm³/mol. The van der Waals surface area contributed by atoms with Gasteiger partial charge in [0.2, 0.25) is 0 Å². The minimum Gasteiger partial charge on any atom is -0.383 e. The molecule has 0 bridgehead atoms. The van der Waals surface area contributed by atoms with E-state index in [0.717, 1.165) is 12.0 Å². The Hall–Kier alpha value is -2.15. The first kappa shape index (κ1) is 18.2. The van der Waals surface area contributed by atoms with Crippen molar-refractivity contribution in [1.82, 2.24) is 9.80 Å². The molecule has 0 saturated heterocycles. The van der Waals surface area contributed by atoms with Gasteiger partial charge in [-0.1, -0.05) is 12.1 Å². The van der Waals surface area contributed by atoms with Crippen molar-refractivity contribution in [1.29, 1.82) is 0 Å². The molecule has 24 heavy (non-hydrogen) atoms. The van der Waals surface area contributed by atoms with Crippen molar-refractivity contribution < 1.29 is 13.2 Å². The summed E-state index contributed by atoms with van der Waals surface area (Å²) in [6.45, 7) is 0. The van der Waals surface area contributed by atoms with Crippen molar-refractivity contribution in [2.24, 2.45) is 10.3 Å². The van der Waals surface area contributed by atoms with Crippen LogP contribution >= 0.6 is 0 Å². The van der Waals surface area contributed by atoms with Crippen LogP contribution < -0.4 is 0 Å². The van der Waals surface area contributed by atoms with Gasteiger partial charge in [-0.3, -0.25) is 4.79 Å². The van der Waals surface area contributed by atoms with Gasteiger partial charge in [-0.15, -0.1) is 4.40 Å². The third-order valence-electron chi connectivity index (χ3n) is 3.72. The average Bonchev–Trinajstić information content (AvgIpc) is 3.31. The monoisotopic (exact) mass is 349 g/mol. The number of sulfonamides is 1. The second-order valence-electron chi connectivity index (χ2n) is 6.36. The van der Waals surface area contributed by atoms with E-state index in [-0.39, 0.29) is 22.5 Å². The number of hydrogen-bond donors (Lipinski definition) is 0. The van der Waals surface area contributed by atoms with Crippen LogP contribution in [0.15, 0.2) is 45.8 Å². The van der Waals surface area contributed by atoms with Gasteiger partial charge in [-0.25, -0.2) is 0 Å². The van der Waals surface area contributed by atoms with Gasteiger partial charge in [0, 0.05) is 40.3 Å². The van der Waals surface area contributed by atoms with Gasteiger partial charge in [0.05, 0.1) is 4.90 Å². The van der Waals surface area contributed by atoms with Crippen LogP contribution in [0.1, 0.15) is 17.9 Å². The summed E-state index contributed by atoms with van der Waals surface area (Å²) in [5.74, 6) is 0.280. The molecule has 1 aliphatic rings. The number of ketones is 1. The fourth-order valence-corrected chi connectivity index (χ4v) is 3.24. The van der Waals surface area contributed by atoms with Crippen molar-refractivity contribution in [3.05, 3.63) is 42.1 Å². The van der Waals surface area contributed by atoms with Crippen LogP contribution in [-0.4, -0.2) is 58.5 Å². The standard InChI is InChI=1S/C17H23N3O3S/c1-19(2)10-9-17(21)16-11-15(16)13-5-7-14(8-6-13)24(22,23)18-12-20(3)4/h5-10,12,15-16H,11H2,1-4H3. The molecule has 0 spiro atoms. The second-order valence-corrected chi connectivity index (χ2v) is 7.99. The van der Waals surface area contributed by atoms with E-state index in [1.54, 1.807) is 55.5 Å². The van der Waals surface area contributed by atoms with Crippen LogP contribution in [0.25, 0.3) is 0 Å². The molecule has 6 nitrogen and oxygen atoms in total. The van der Waals surface area contributed by atoms with E-state index in [1.807, 2.05) is 19.0 Å². The number of nitrogens with zero attached hydrogens (tertiary/aromatic N) is 3. The van der Waals surface area contributed by atoms with Crippen LogP contribution in [0.4, 0.5) is 0 Å². The molecule has 0 heterocycles. The SMILES string of the molecule is CN(C)C=CC(=O)C1CC1c1ccc(S(=O)(=O)N=CN(C)C)cc1. The van der Waals surface area contributed by atoms with Gasteiger partial charge >= 0.3 is 0 Å². The lowest BCUT2D eigenvalue weighted by Crippen LogP contribution is -2.10. The van der Waals surface area contributed by atoms with E-state index in [0.29, 0.717) is 0 Å². The zero-order valence-corrected chi connectivity index (χ0v) is 15.2. The van der Waals surface area contributed by atoms with Gasteiger partial charge in [-0.2, -0.15) is 8.42 Å². The molecule has 2 rings (SSSR count). The van der Waals surface area contributed by atoms with Crippen LogP contribution in [0.5, 0.6) is 0 Å². The van der Waals surface area contributed by atoms with Crippen molar-refractivity contribution in [3.8, 4) is 0 Å². The molecule has 1 aliphatic carbocycles. The van der Waals surface area contributed by atoms with Gasteiger partial charge in [-0.05, 0) is 36.1 Å². The second kappa shape index (κ2) is 7.17. The fraction of sp³-hybridized carbons (Fsp3) is 0.412. The smallest absolute Gasteiger partial charge is 0.283 e. The summed E-state index contributed by atoms with van der Waals surface area (Å²) in [6.07, 6.45) is 5.41. The van der Waals surface area contributed by atoms with Crippen LogP contribution in [0.3, 0.4) is 0 Å². The number of carbonyl (C=O) groups is 1. The number of hydrogen-bond acceptors (Lipinski definition) is 4. The molecule has 0 radical (unpaired) electrons. The van der Waals surface area contributed by atoms with Crippen LogP contribution in [-0.2, 0) is 14.8 Å². The zero-order chi connectivity index (χ0) is 17.9. The number of benzene rings is 1. The molecule has 1 aromatic carbocycles. The molecule has 1 saturated carbocycles. The molecular weight excluding hydrogens is 326 g/mol. The molecule has 130 valence electrons. The summed E-state index contributed by atoms with van der Waals surface area (Å²) in [5, 5.41) is 0. The highest BCUT2D eigenvalue weighted by Gasteiger charge is 2.42. The topological polar surface area (TPSA) is 70.0 Å². The fourth-order valence-electron chi connectivity index (χ4n) is 2.33. The quantitative estimate of drug-likeness (QED) is 0.426. The first-order valence-electron chi connectivity index (χ1n) is 7.66. The van der Waals surface area contributed by atoms with E-state index in [2.05, 4.69) is 4.40 Å². The van der Waals surface area contributed by atoms with Crippen molar-refractivity contribution >= 4 is 22.1 Å². The van der Waals surface area contributed by atoms with Crippen LogP contribution in [0.2, 0.25) is 0 Å². The van der Waals surface area contributed by atoms with Gasteiger partial charge < -0.3 is 9.80 Å². The van der Waals surface area contributed by atoms with Gasteiger partial charge in [0.15, 0.2) is 5.78 Å². The predicted octanol–water partition coefficient (Wildman–Crippen LogP) is 1.71. The Kier molecular flexibility index (Phi) is 5.43. The maximum absolute atomic E-state index is 12.1. The van der Waals surface area contributed by atoms with E-state index in [1.165, 1.54) is 6.34 Å². The normalized spacial score (nSPS) is 20.5. The van der Waals surface area contributed by atoms with Crippen molar-refractivity contribution in [2.75, 3.05) is 28.2 Å². The average molecular weight is 349 g/mol. The summed E-state index contributed by atoms with van der Waals surface area (Å²) in [7, 11) is 3.46. The maximum atomic E-state index is 12.1. The lowest BCUT2D eigenvalue weighted by molar-refractivity contribution is -0.115. The Morgan fingerprint density at radius 3 is 2.29 bits per heavy atom. The Bertz CT molecular complexity index is 750. The minimum absolute atomic E-state index is 0.00424. The number of allylic oxidation sites excluding steroid dienone is 1. The Labute approximate surface area is 143 Å². The van der Waals surface area contributed by atoms with Gasteiger partial charge in [0.1, 0.15) is 6.34 Å². The molecule has 0 amide bonds. The molecule has 0 N–H and O–H groups in total. The first-order valence-corrected chi connectivity index (χ1v) is 9.10. The van der Waals surface area contributed by atoms with Gasteiger partial charge in [0.25, 0.3) is 10.0 Å². The highest BCUT2D eigenvalue weighted by molar-refractivity contribution is 7.90. The summed E-state index contributed by atoms with van der Waals surface area (Å²) in [4.78, 5) is 15.6. The molecule has 0 aromatic heterocycles. The lowest BCUT2D eigenvalue weighted by atomic mass is 10.1. The Morgan fingerprint density at radius 2 is 1.75 bits per heavy atom. The zero-order valence-electron chi connectivity index (χ0n) is 14.4.